The van der Waals surface area contributed by atoms with E-state index in [9.17, 15) is 4.79 Å². The summed E-state index contributed by atoms with van der Waals surface area (Å²) in [4.78, 5) is 13.6. The number of hydrogen-bond donors (Lipinski definition) is 0. The van der Waals surface area contributed by atoms with Crippen LogP contribution in [0.4, 0.5) is 0 Å². The van der Waals surface area contributed by atoms with E-state index >= 15 is 0 Å². The van der Waals surface area contributed by atoms with Gasteiger partial charge in [-0.15, -0.1) is 11.6 Å². The SMILES string of the molecule is CSCCC(=O)N1CCOCC1CCl. The maximum atomic E-state index is 11.7. The molecule has 0 N–H and O–H groups in total. The number of nitrogens with zero attached hydrogens (tertiary/aromatic N) is 1. The fraction of sp³-hybridized carbons (Fsp3) is 0.889. The molecule has 1 unspecified atom stereocenters. The molecule has 1 fully saturated rings. The molecule has 5 heteroatoms. The lowest BCUT2D eigenvalue weighted by Gasteiger charge is -2.34. The van der Waals surface area contributed by atoms with E-state index in [0.717, 1.165) is 5.75 Å². The van der Waals surface area contributed by atoms with Crippen molar-refractivity contribution in [1.82, 2.24) is 4.90 Å². The first-order valence-corrected chi connectivity index (χ1v) is 6.64. The number of amides is 1. The zero-order valence-corrected chi connectivity index (χ0v) is 9.94. The van der Waals surface area contributed by atoms with E-state index in [0.29, 0.717) is 32.1 Å². The van der Waals surface area contributed by atoms with Gasteiger partial charge < -0.3 is 9.64 Å². The predicted molar refractivity (Wildman–Crippen MR) is 60.0 cm³/mol. The van der Waals surface area contributed by atoms with Crippen LogP contribution in [0.2, 0.25) is 0 Å². The predicted octanol–water partition coefficient (Wildman–Crippen LogP) is 1.21. The molecule has 0 saturated carbocycles. The molecular formula is C9H16ClNO2S. The van der Waals surface area contributed by atoms with Crippen molar-refractivity contribution in [3.63, 3.8) is 0 Å². The van der Waals surface area contributed by atoms with Crippen molar-refractivity contribution in [1.29, 1.82) is 0 Å². The van der Waals surface area contributed by atoms with Crippen LogP contribution >= 0.6 is 23.4 Å². The first kappa shape index (κ1) is 12.1. The highest BCUT2D eigenvalue weighted by molar-refractivity contribution is 7.98. The normalized spacial score (nSPS) is 22.4. The third-order valence-corrected chi connectivity index (χ3v) is 3.21. The Morgan fingerprint density at radius 2 is 2.50 bits per heavy atom. The molecule has 0 radical (unpaired) electrons. The van der Waals surface area contributed by atoms with Crippen LogP contribution in [0.25, 0.3) is 0 Å². The van der Waals surface area contributed by atoms with Crippen LogP contribution in [-0.4, -0.2) is 54.5 Å². The average molecular weight is 238 g/mol. The van der Waals surface area contributed by atoms with Crippen LogP contribution in [0.15, 0.2) is 0 Å². The Hall–Kier alpha value is 0.0700. The van der Waals surface area contributed by atoms with E-state index in [1.165, 1.54) is 0 Å². The Labute approximate surface area is 94.1 Å². The summed E-state index contributed by atoms with van der Waals surface area (Å²) in [6, 6.07) is 0.0692. The van der Waals surface area contributed by atoms with E-state index in [4.69, 9.17) is 16.3 Å². The second-order valence-corrected chi connectivity index (χ2v) is 4.51. The lowest BCUT2D eigenvalue weighted by molar-refractivity contribution is -0.138. The fourth-order valence-corrected chi connectivity index (χ4v) is 2.08. The van der Waals surface area contributed by atoms with Crippen molar-refractivity contribution >= 4 is 29.3 Å². The zero-order valence-electron chi connectivity index (χ0n) is 8.37. The molecule has 0 aromatic rings. The lowest BCUT2D eigenvalue weighted by atomic mass is 10.2. The quantitative estimate of drug-likeness (QED) is 0.689. The lowest BCUT2D eigenvalue weighted by Crippen LogP contribution is -2.49. The van der Waals surface area contributed by atoms with Gasteiger partial charge in [0.15, 0.2) is 0 Å². The largest absolute Gasteiger partial charge is 0.377 e. The van der Waals surface area contributed by atoms with Crippen molar-refractivity contribution in [2.45, 2.75) is 12.5 Å². The molecule has 1 atom stereocenters. The number of carbonyl (C=O) groups is 1. The highest BCUT2D eigenvalue weighted by atomic mass is 35.5. The summed E-state index contributed by atoms with van der Waals surface area (Å²) in [6.07, 6.45) is 2.61. The first-order valence-electron chi connectivity index (χ1n) is 4.71. The highest BCUT2D eigenvalue weighted by Crippen LogP contribution is 2.11. The summed E-state index contributed by atoms with van der Waals surface area (Å²) in [5, 5.41) is 0. The fourth-order valence-electron chi connectivity index (χ4n) is 1.44. The highest BCUT2D eigenvalue weighted by Gasteiger charge is 2.25. The average Bonchev–Trinajstić information content (AvgIpc) is 2.25. The number of carbonyl (C=O) groups excluding carboxylic acids is 1. The molecule has 1 amide bonds. The van der Waals surface area contributed by atoms with Gasteiger partial charge in [0.25, 0.3) is 0 Å². The van der Waals surface area contributed by atoms with E-state index in [1.807, 2.05) is 11.2 Å². The van der Waals surface area contributed by atoms with Crippen LogP contribution in [0.5, 0.6) is 0 Å². The maximum absolute atomic E-state index is 11.7. The Balaban J connectivity index is 2.41. The third-order valence-electron chi connectivity index (χ3n) is 2.25. The summed E-state index contributed by atoms with van der Waals surface area (Å²) in [6.45, 7) is 1.90. The molecule has 14 heavy (non-hydrogen) atoms. The van der Waals surface area contributed by atoms with E-state index in [2.05, 4.69) is 0 Å². The number of morpholine rings is 1. The number of rotatable bonds is 4. The van der Waals surface area contributed by atoms with Gasteiger partial charge in [0.05, 0.1) is 19.3 Å². The molecule has 0 aliphatic carbocycles. The van der Waals surface area contributed by atoms with Crippen molar-refractivity contribution in [3.8, 4) is 0 Å². The van der Waals surface area contributed by atoms with Gasteiger partial charge in [-0.3, -0.25) is 4.79 Å². The molecular weight excluding hydrogens is 222 g/mol. The van der Waals surface area contributed by atoms with Gasteiger partial charge in [-0.1, -0.05) is 0 Å². The van der Waals surface area contributed by atoms with Crippen LogP contribution < -0.4 is 0 Å². The van der Waals surface area contributed by atoms with Crippen LogP contribution in [-0.2, 0) is 9.53 Å². The molecule has 0 aromatic heterocycles. The van der Waals surface area contributed by atoms with Crippen molar-refractivity contribution in [2.75, 3.05) is 37.6 Å². The summed E-state index contributed by atoms with van der Waals surface area (Å²) < 4.78 is 5.27. The standard InChI is InChI=1S/C9H16ClNO2S/c1-14-5-2-9(12)11-3-4-13-7-8(11)6-10/h8H,2-7H2,1H3. The van der Waals surface area contributed by atoms with Crippen molar-refractivity contribution in [2.24, 2.45) is 0 Å². The molecule has 1 heterocycles. The van der Waals surface area contributed by atoms with Gasteiger partial charge >= 0.3 is 0 Å². The van der Waals surface area contributed by atoms with E-state index < -0.39 is 0 Å². The topological polar surface area (TPSA) is 29.5 Å². The van der Waals surface area contributed by atoms with Gasteiger partial charge in [-0.2, -0.15) is 11.8 Å². The monoisotopic (exact) mass is 237 g/mol. The maximum Gasteiger partial charge on any atom is 0.223 e. The van der Waals surface area contributed by atoms with Gasteiger partial charge in [-0.25, -0.2) is 0 Å². The minimum absolute atomic E-state index is 0.0692. The number of halogens is 1. The van der Waals surface area contributed by atoms with Crippen LogP contribution in [0.1, 0.15) is 6.42 Å². The number of ether oxygens (including phenoxy) is 1. The molecule has 3 nitrogen and oxygen atoms in total. The van der Waals surface area contributed by atoms with Gasteiger partial charge in [0.1, 0.15) is 0 Å². The molecule has 0 bridgehead atoms. The molecule has 0 aromatic carbocycles. The van der Waals surface area contributed by atoms with Gasteiger partial charge in [-0.05, 0) is 6.26 Å². The van der Waals surface area contributed by atoms with E-state index in [-0.39, 0.29) is 11.9 Å². The van der Waals surface area contributed by atoms with Gasteiger partial charge in [0.2, 0.25) is 5.91 Å². The molecule has 82 valence electrons. The third kappa shape index (κ3) is 3.33. The minimum atomic E-state index is 0.0692. The minimum Gasteiger partial charge on any atom is -0.377 e. The smallest absolute Gasteiger partial charge is 0.223 e. The summed E-state index contributed by atoms with van der Waals surface area (Å²) in [5.41, 5.74) is 0. The Kier molecular flexibility index (Phi) is 5.67. The Bertz CT molecular complexity index is 192. The Morgan fingerprint density at radius 1 is 1.71 bits per heavy atom. The zero-order chi connectivity index (χ0) is 10.4. The number of alkyl halides is 1. The second kappa shape index (κ2) is 6.53. The molecule has 0 spiro atoms. The number of thioether (sulfide) groups is 1. The molecule has 1 rings (SSSR count). The summed E-state index contributed by atoms with van der Waals surface area (Å²) in [5.74, 6) is 1.55. The van der Waals surface area contributed by atoms with E-state index in [1.54, 1.807) is 11.8 Å². The number of hydrogen-bond acceptors (Lipinski definition) is 3. The van der Waals surface area contributed by atoms with Gasteiger partial charge in [0, 0.05) is 24.6 Å². The van der Waals surface area contributed by atoms with Crippen LogP contribution in [0.3, 0.4) is 0 Å². The molecule has 1 aliphatic heterocycles. The van der Waals surface area contributed by atoms with Crippen LogP contribution in [0, 0.1) is 0 Å². The summed E-state index contributed by atoms with van der Waals surface area (Å²) in [7, 11) is 0. The Morgan fingerprint density at radius 3 is 3.14 bits per heavy atom. The molecule has 1 saturated heterocycles. The van der Waals surface area contributed by atoms with Crippen molar-refractivity contribution in [3.05, 3.63) is 0 Å². The first-order chi connectivity index (χ1) is 6.79. The molecule has 1 aliphatic rings. The van der Waals surface area contributed by atoms with Crippen molar-refractivity contribution < 1.29 is 9.53 Å². The summed E-state index contributed by atoms with van der Waals surface area (Å²) >= 11 is 7.47. The second-order valence-electron chi connectivity index (χ2n) is 3.21.